The first kappa shape index (κ1) is 18.8. The van der Waals surface area contributed by atoms with E-state index in [0.29, 0.717) is 22.7 Å². The number of carbonyl (C=O) groups is 2. The van der Waals surface area contributed by atoms with Crippen LogP contribution in [0, 0.1) is 0 Å². The van der Waals surface area contributed by atoms with Gasteiger partial charge in [-0.3, -0.25) is 9.59 Å². The Bertz CT molecular complexity index is 783. The van der Waals surface area contributed by atoms with Gasteiger partial charge in [0.25, 0.3) is 11.8 Å². The van der Waals surface area contributed by atoms with Crippen LogP contribution < -0.4 is 14.8 Å². The summed E-state index contributed by atoms with van der Waals surface area (Å²) in [6.07, 6.45) is 3.32. The van der Waals surface area contributed by atoms with Crippen molar-refractivity contribution in [2.24, 2.45) is 0 Å². The Balaban J connectivity index is 1.50. The first-order valence-electron chi connectivity index (χ1n) is 9.12. The number of benzene rings is 2. The Morgan fingerprint density at radius 3 is 2.44 bits per heavy atom. The molecule has 27 heavy (non-hydrogen) atoms. The summed E-state index contributed by atoms with van der Waals surface area (Å²) in [4.78, 5) is 26.4. The summed E-state index contributed by atoms with van der Waals surface area (Å²) >= 11 is 0. The fourth-order valence-electron chi connectivity index (χ4n) is 3.02. The van der Waals surface area contributed by atoms with Gasteiger partial charge in [0.15, 0.2) is 6.61 Å². The Labute approximate surface area is 159 Å². The number of hydrogen-bond acceptors (Lipinski definition) is 4. The highest BCUT2D eigenvalue weighted by Gasteiger charge is 2.18. The van der Waals surface area contributed by atoms with Crippen LogP contribution in [0.5, 0.6) is 11.5 Å². The van der Waals surface area contributed by atoms with Crippen LogP contribution in [-0.4, -0.2) is 43.5 Å². The lowest BCUT2D eigenvalue weighted by atomic mass is 10.1. The van der Waals surface area contributed by atoms with Crippen molar-refractivity contribution in [3.63, 3.8) is 0 Å². The number of methoxy groups -OCH3 is 1. The van der Waals surface area contributed by atoms with Gasteiger partial charge >= 0.3 is 0 Å². The first-order valence-corrected chi connectivity index (χ1v) is 9.12. The summed E-state index contributed by atoms with van der Waals surface area (Å²) in [5.74, 6) is 1.00. The lowest BCUT2D eigenvalue weighted by Crippen LogP contribution is -2.35. The van der Waals surface area contributed by atoms with E-state index >= 15 is 0 Å². The molecule has 1 N–H and O–H groups in total. The molecule has 1 fully saturated rings. The monoisotopic (exact) mass is 368 g/mol. The second kappa shape index (κ2) is 9.07. The lowest BCUT2D eigenvalue weighted by Gasteiger charge is -2.26. The number of anilines is 1. The van der Waals surface area contributed by atoms with Crippen LogP contribution in [-0.2, 0) is 4.79 Å². The number of nitrogens with one attached hydrogen (secondary N) is 1. The largest absolute Gasteiger partial charge is 0.497 e. The number of likely N-dealkylation sites (tertiary alicyclic amines) is 1. The number of ether oxygens (including phenoxy) is 2. The quantitative estimate of drug-likeness (QED) is 0.849. The van der Waals surface area contributed by atoms with E-state index in [1.807, 2.05) is 4.90 Å². The molecule has 142 valence electrons. The van der Waals surface area contributed by atoms with E-state index in [-0.39, 0.29) is 18.4 Å². The number of piperidine rings is 1. The van der Waals surface area contributed by atoms with Crippen LogP contribution in [0.2, 0.25) is 0 Å². The summed E-state index contributed by atoms with van der Waals surface area (Å²) in [5, 5.41) is 2.75. The highest BCUT2D eigenvalue weighted by Crippen LogP contribution is 2.18. The van der Waals surface area contributed by atoms with E-state index in [1.165, 1.54) is 6.42 Å². The van der Waals surface area contributed by atoms with E-state index in [4.69, 9.17) is 9.47 Å². The van der Waals surface area contributed by atoms with Crippen LogP contribution in [0.25, 0.3) is 0 Å². The maximum Gasteiger partial charge on any atom is 0.262 e. The fourth-order valence-corrected chi connectivity index (χ4v) is 3.02. The third-order valence-electron chi connectivity index (χ3n) is 4.47. The number of carbonyl (C=O) groups excluding carboxylic acids is 2. The Morgan fingerprint density at radius 2 is 1.74 bits per heavy atom. The Hall–Kier alpha value is -3.02. The zero-order valence-corrected chi connectivity index (χ0v) is 15.4. The van der Waals surface area contributed by atoms with Gasteiger partial charge in [-0.1, -0.05) is 6.07 Å². The van der Waals surface area contributed by atoms with Gasteiger partial charge in [-0.25, -0.2) is 0 Å². The third-order valence-corrected chi connectivity index (χ3v) is 4.47. The van der Waals surface area contributed by atoms with Crippen molar-refractivity contribution in [2.75, 3.05) is 32.1 Å². The van der Waals surface area contributed by atoms with E-state index < -0.39 is 0 Å². The average Bonchev–Trinajstić information content (AvgIpc) is 2.73. The molecule has 0 saturated carbocycles. The number of rotatable bonds is 6. The minimum Gasteiger partial charge on any atom is -0.497 e. The lowest BCUT2D eigenvalue weighted by molar-refractivity contribution is -0.118. The Kier molecular flexibility index (Phi) is 6.30. The van der Waals surface area contributed by atoms with Gasteiger partial charge in [0.2, 0.25) is 0 Å². The molecule has 1 aliphatic rings. The number of nitrogens with zero attached hydrogens (tertiary/aromatic N) is 1. The molecule has 1 heterocycles. The van der Waals surface area contributed by atoms with Gasteiger partial charge in [-0.05, 0) is 55.7 Å². The summed E-state index contributed by atoms with van der Waals surface area (Å²) in [6, 6.07) is 14.0. The summed E-state index contributed by atoms with van der Waals surface area (Å²) < 4.78 is 10.6. The predicted molar refractivity (Wildman–Crippen MR) is 103 cm³/mol. The SMILES string of the molecule is COc1cccc(NC(=O)COc2ccc(C(=O)N3CCCCC3)cc2)c1. The number of amides is 2. The van der Waals surface area contributed by atoms with E-state index in [9.17, 15) is 9.59 Å². The molecule has 2 aromatic carbocycles. The van der Waals surface area contributed by atoms with Gasteiger partial charge in [0.1, 0.15) is 11.5 Å². The molecule has 1 aliphatic heterocycles. The van der Waals surface area contributed by atoms with Crippen molar-refractivity contribution in [3.05, 3.63) is 54.1 Å². The molecule has 0 atom stereocenters. The van der Waals surface area contributed by atoms with Crippen molar-refractivity contribution >= 4 is 17.5 Å². The topological polar surface area (TPSA) is 67.9 Å². The fraction of sp³-hybridized carbons (Fsp3) is 0.333. The average molecular weight is 368 g/mol. The van der Waals surface area contributed by atoms with E-state index in [2.05, 4.69) is 5.32 Å². The zero-order chi connectivity index (χ0) is 19.1. The minimum atomic E-state index is -0.267. The van der Waals surface area contributed by atoms with Gasteiger partial charge in [-0.2, -0.15) is 0 Å². The van der Waals surface area contributed by atoms with Crippen LogP contribution >= 0.6 is 0 Å². The predicted octanol–water partition coefficient (Wildman–Crippen LogP) is 3.34. The molecular formula is C21H24N2O4. The summed E-state index contributed by atoms with van der Waals surface area (Å²) in [7, 11) is 1.57. The number of hydrogen-bond donors (Lipinski definition) is 1. The van der Waals surface area contributed by atoms with E-state index in [1.54, 1.807) is 55.6 Å². The molecule has 0 bridgehead atoms. The normalized spacial score (nSPS) is 13.7. The molecule has 0 aliphatic carbocycles. The van der Waals surface area contributed by atoms with Crippen molar-refractivity contribution in [3.8, 4) is 11.5 Å². The molecule has 6 heteroatoms. The highest BCUT2D eigenvalue weighted by atomic mass is 16.5. The molecule has 6 nitrogen and oxygen atoms in total. The van der Waals surface area contributed by atoms with Gasteiger partial charge < -0.3 is 19.7 Å². The van der Waals surface area contributed by atoms with Crippen LogP contribution in [0.3, 0.4) is 0 Å². The molecule has 3 rings (SSSR count). The Morgan fingerprint density at radius 1 is 1.00 bits per heavy atom. The van der Waals surface area contributed by atoms with Crippen molar-refractivity contribution in [1.29, 1.82) is 0 Å². The third kappa shape index (κ3) is 5.23. The first-order chi connectivity index (χ1) is 13.2. The van der Waals surface area contributed by atoms with Gasteiger partial charge in [0, 0.05) is 30.4 Å². The molecule has 2 amide bonds. The van der Waals surface area contributed by atoms with Crippen molar-refractivity contribution < 1.29 is 19.1 Å². The maximum atomic E-state index is 12.4. The standard InChI is InChI=1S/C21H24N2O4/c1-26-19-7-5-6-17(14-19)22-20(24)15-27-18-10-8-16(9-11-18)21(25)23-12-3-2-4-13-23/h5-11,14H,2-4,12-13,15H2,1H3,(H,22,24). The highest BCUT2D eigenvalue weighted by molar-refractivity contribution is 5.94. The second-order valence-corrected chi connectivity index (χ2v) is 6.45. The van der Waals surface area contributed by atoms with Crippen LogP contribution in [0.4, 0.5) is 5.69 Å². The van der Waals surface area contributed by atoms with Gasteiger partial charge in [0.05, 0.1) is 7.11 Å². The van der Waals surface area contributed by atoms with E-state index in [0.717, 1.165) is 25.9 Å². The van der Waals surface area contributed by atoms with Crippen molar-refractivity contribution in [1.82, 2.24) is 4.90 Å². The molecule has 1 saturated heterocycles. The molecule has 2 aromatic rings. The summed E-state index contributed by atoms with van der Waals surface area (Å²) in [5.41, 5.74) is 1.29. The molecule has 0 aromatic heterocycles. The smallest absolute Gasteiger partial charge is 0.262 e. The second-order valence-electron chi connectivity index (χ2n) is 6.45. The zero-order valence-electron chi connectivity index (χ0n) is 15.4. The minimum absolute atomic E-state index is 0.0528. The van der Waals surface area contributed by atoms with Crippen LogP contribution in [0.1, 0.15) is 29.6 Å². The molecule has 0 unspecified atom stereocenters. The molecular weight excluding hydrogens is 344 g/mol. The molecule has 0 radical (unpaired) electrons. The van der Waals surface area contributed by atoms with Gasteiger partial charge in [-0.15, -0.1) is 0 Å². The molecule has 0 spiro atoms. The van der Waals surface area contributed by atoms with Crippen molar-refractivity contribution in [2.45, 2.75) is 19.3 Å². The summed E-state index contributed by atoms with van der Waals surface area (Å²) in [6.45, 7) is 1.53. The van der Waals surface area contributed by atoms with Crippen LogP contribution in [0.15, 0.2) is 48.5 Å². The maximum absolute atomic E-state index is 12.4.